The van der Waals surface area contributed by atoms with Gasteiger partial charge in [-0.05, 0) is 18.3 Å². The third-order valence-corrected chi connectivity index (χ3v) is 3.13. The highest BCUT2D eigenvalue weighted by Gasteiger charge is 2.38. The van der Waals surface area contributed by atoms with Crippen molar-refractivity contribution in [3.8, 4) is 0 Å². The molecule has 4 unspecified atom stereocenters. The molecule has 3 aliphatic carbocycles. The first kappa shape index (κ1) is 6.01. The van der Waals surface area contributed by atoms with Crippen molar-refractivity contribution in [2.75, 3.05) is 6.61 Å². The second-order valence-corrected chi connectivity index (χ2v) is 3.80. The van der Waals surface area contributed by atoms with Crippen LogP contribution in [-0.2, 0) is 4.74 Å². The Labute approximate surface area is 66.7 Å². The summed E-state index contributed by atoms with van der Waals surface area (Å²) in [6, 6.07) is 0. The molecule has 58 valence electrons. The summed E-state index contributed by atoms with van der Waals surface area (Å²) in [5.41, 5.74) is 0. The molecule has 0 spiro atoms. The fourth-order valence-electron chi connectivity index (χ4n) is 2.49. The summed E-state index contributed by atoms with van der Waals surface area (Å²) in [5, 5.41) is 0. The normalized spacial score (nSPS) is 51.6. The maximum atomic E-state index is 5.65. The van der Waals surface area contributed by atoms with Gasteiger partial charge in [0.05, 0.1) is 12.7 Å². The summed E-state index contributed by atoms with van der Waals surface area (Å²) in [5.74, 6) is 2.22. The van der Waals surface area contributed by atoms with E-state index in [1.807, 2.05) is 0 Å². The largest absolute Gasteiger partial charge is 0.373 e. The molecule has 4 bridgehead atoms. The van der Waals surface area contributed by atoms with E-state index in [0.717, 1.165) is 12.5 Å². The molecule has 0 N–H and O–H groups in total. The van der Waals surface area contributed by atoms with Crippen molar-refractivity contribution in [3.05, 3.63) is 24.3 Å². The summed E-state index contributed by atoms with van der Waals surface area (Å²) in [6.45, 7) is 0.987. The zero-order valence-corrected chi connectivity index (χ0v) is 6.44. The molecule has 0 aromatic carbocycles. The molecule has 0 saturated carbocycles. The van der Waals surface area contributed by atoms with Gasteiger partial charge in [-0.3, -0.25) is 0 Å². The van der Waals surface area contributed by atoms with E-state index in [0.29, 0.717) is 17.9 Å². The molecule has 4 atom stereocenters. The van der Waals surface area contributed by atoms with E-state index >= 15 is 0 Å². The van der Waals surface area contributed by atoms with Gasteiger partial charge in [-0.1, -0.05) is 24.3 Å². The lowest BCUT2D eigenvalue weighted by atomic mass is 9.81. The molecule has 0 aromatic heterocycles. The quantitative estimate of drug-likeness (QED) is 0.476. The second kappa shape index (κ2) is 1.98. The van der Waals surface area contributed by atoms with E-state index in [2.05, 4.69) is 24.3 Å². The summed E-state index contributed by atoms with van der Waals surface area (Å²) >= 11 is 0. The third kappa shape index (κ3) is 0.747. The Kier molecular flexibility index (Phi) is 1.08. The molecular formula is C10H12O. The van der Waals surface area contributed by atoms with Crippen LogP contribution in [0.1, 0.15) is 6.42 Å². The molecule has 0 radical (unpaired) electrons. The molecule has 0 amide bonds. The Bertz CT molecular complexity index is 229. The molecule has 1 heterocycles. The smallest absolute Gasteiger partial charge is 0.0822 e. The van der Waals surface area contributed by atoms with Crippen LogP contribution in [0.2, 0.25) is 0 Å². The predicted molar refractivity (Wildman–Crippen MR) is 43.1 cm³/mol. The number of hydrogen-bond donors (Lipinski definition) is 0. The Morgan fingerprint density at radius 2 is 2.00 bits per heavy atom. The lowest BCUT2D eigenvalue weighted by molar-refractivity contribution is 0.130. The number of ether oxygens (including phenoxy) is 1. The van der Waals surface area contributed by atoms with E-state index in [4.69, 9.17) is 4.74 Å². The highest BCUT2D eigenvalue weighted by Crippen LogP contribution is 2.40. The van der Waals surface area contributed by atoms with Crippen molar-refractivity contribution < 1.29 is 4.74 Å². The van der Waals surface area contributed by atoms with Gasteiger partial charge in [-0.2, -0.15) is 0 Å². The predicted octanol–water partition coefficient (Wildman–Crippen LogP) is 1.76. The zero-order valence-electron chi connectivity index (χ0n) is 6.44. The lowest BCUT2D eigenvalue weighted by Crippen LogP contribution is -2.18. The zero-order chi connectivity index (χ0) is 7.26. The molecule has 4 rings (SSSR count). The molecule has 11 heavy (non-hydrogen) atoms. The minimum absolute atomic E-state index is 0.406. The summed E-state index contributed by atoms with van der Waals surface area (Å²) < 4.78 is 5.65. The molecule has 4 aliphatic rings. The molecule has 1 nitrogen and oxygen atoms in total. The minimum Gasteiger partial charge on any atom is -0.373 e. The van der Waals surface area contributed by atoms with Crippen molar-refractivity contribution in [2.45, 2.75) is 12.5 Å². The molecule has 0 aromatic rings. The molecular weight excluding hydrogens is 136 g/mol. The van der Waals surface area contributed by atoms with Gasteiger partial charge < -0.3 is 4.74 Å². The SMILES string of the molecule is C1=CC2OCC3CC1C=CC32. The van der Waals surface area contributed by atoms with Crippen LogP contribution in [0.25, 0.3) is 0 Å². The highest BCUT2D eigenvalue weighted by atomic mass is 16.5. The van der Waals surface area contributed by atoms with Crippen LogP contribution in [0.5, 0.6) is 0 Å². The van der Waals surface area contributed by atoms with Crippen molar-refractivity contribution in [3.63, 3.8) is 0 Å². The van der Waals surface area contributed by atoms with Crippen LogP contribution in [0, 0.1) is 17.8 Å². The van der Waals surface area contributed by atoms with Gasteiger partial charge in [-0.15, -0.1) is 0 Å². The van der Waals surface area contributed by atoms with E-state index in [-0.39, 0.29) is 0 Å². The first-order chi connectivity index (χ1) is 5.43. The Balaban J connectivity index is 2.08. The van der Waals surface area contributed by atoms with Gasteiger partial charge in [0.15, 0.2) is 0 Å². The van der Waals surface area contributed by atoms with Crippen LogP contribution in [0.4, 0.5) is 0 Å². The van der Waals surface area contributed by atoms with Crippen LogP contribution in [-0.4, -0.2) is 12.7 Å². The van der Waals surface area contributed by atoms with Gasteiger partial charge in [0.2, 0.25) is 0 Å². The number of hydrogen-bond acceptors (Lipinski definition) is 1. The van der Waals surface area contributed by atoms with Crippen LogP contribution in [0.15, 0.2) is 24.3 Å². The second-order valence-electron chi connectivity index (χ2n) is 3.80. The van der Waals surface area contributed by atoms with Crippen molar-refractivity contribution in [1.29, 1.82) is 0 Å². The van der Waals surface area contributed by atoms with Crippen LogP contribution in [0.3, 0.4) is 0 Å². The molecule has 1 heteroatoms. The number of allylic oxidation sites excluding steroid dienone is 2. The highest BCUT2D eigenvalue weighted by molar-refractivity contribution is 5.19. The molecule has 1 aliphatic heterocycles. The monoisotopic (exact) mass is 148 g/mol. The van der Waals surface area contributed by atoms with Crippen LogP contribution < -0.4 is 0 Å². The van der Waals surface area contributed by atoms with Gasteiger partial charge in [-0.25, -0.2) is 0 Å². The van der Waals surface area contributed by atoms with E-state index in [1.165, 1.54) is 6.42 Å². The van der Waals surface area contributed by atoms with Crippen molar-refractivity contribution in [1.82, 2.24) is 0 Å². The lowest BCUT2D eigenvalue weighted by Gasteiger charge is -2.21. The first-order valence-electron chi connectivity index (χ1n) is 4.42. The Morgan fingerprint density at radius 1 is 1.09 bits per heavy atom. The fourth-order valence-corrected chi connectivity index (χ4v) is 2.49. The van der Waals surface area contributed by atoms with E-state index in [9.17, 15) is 0 Å². The van der Waals surface area contributed by atoms with Gasteiger partial charge >= 0.3 is 0 Å². The first-order valence-corrected chi connectivity index (χ1v) is 4.42. The maximum absolute atomic E-state index is 5.65. The van der Waals surface area contributed by atoms with Crippen molar-refractivity contribution >= 4 is 0 Å². The van der Waals surface area contributed by atoms with Crippen LogP contribution >= 0.6 is 0 Å². The topological polar surface area (TPSA) is 9.23 Å². The van der Waals surface area contributed by atoms with E-state index in [1.54, 1.807) is 0 Å². The van der Waals surface area contributed by atoms with Crippen molar-refractivity contribution in [2.24, 2.45) is 17.8 Å². The van der Waals surface area contributed by atoms with Gasteiger partial charge in [0.1, 0.15) is 0 Å². The van der Waals surface area contributed by atoms with E-state index < -0.39 is 0 Å². The maximum Gasteiger partial charge on any atom is 0.0822 e. The summed E-state index contributed by atoms with van der Waals surface area (Å²) in [7, 11) is 0. The number of rotatable bonds is 0. The average molecular weight is 148 g/mol. The fraction of sp³-hybridized carbons (Fsp3) is 0.600. The average Bonchev–Trinajstić information content (AvgIpc) is 2.20. The van der Waals surface area contributed by atoms with Gasteiger partial charge in [0.25, 0.3) is 0 Å². The van der Waals surface area contributed by atoms with Gasteiger partial charge in [0, 0.05) is 5.92 Å². The Morgan fingerprint density at radius 3 is 3.00 bits per heavy atom. The summed E-state index contributed by atoms with van der Waals surface area (Å²) in [4.78, 5) is 0. The minimum atomic E-state index is 0.406. The Hall–Kier alpha value is -0.560. The standard InChI is InChI=1S/C10H12O/c1-3-9-8-5-7(1)2-4-10(9)11-6-8/h1-4,7-10H,5-6H2. The third-order valence-electron chi connectivity index (χ3n) is 3.13. The molecule has 1 fully saturated rings. The summed E-state index contributed by atoms with van der Waals surface area (Å²) in [6.07, 6.45) is 11.0. The molecule has 1 saturated heterocycles.